The third-order valence-corrected chi connectivity index (χ3v) is 8.48. The summed E-state index contributed by atoms with van der Waals surface area (Å²) in [6.45, 7) is 0.440. The van der Waals surface area contributed by atoms with Gasteiger partial charge in [0.15, 0.2) is 10.8 Å². The third kappa shape index (κ3) is 4.88. The lowest BCUT2D eigenvalue weighted by Gasteiger charge is -2.49. The molecule has 0 unspecified atom stereocenters. The molecule has 0 saturated carbocycles. The number of carbonyl (C=O) groups excluding carboxylic acids is 3. The number of rotatable bonds is 8. The lowest BCUT2D eigenvalue weighted by Crippen LogP contribution is -2.71. The quantitative estimate of drug-likeness (QED) is 0.177. The molecule has 3 amide bonds. The van der Waals surface area contributed by atoms with Gasteiger partial charge in [-0.25, -0.2) is 9.78 Å². The molecule has 40 heavy (non-hydrogen) atoms. The molecule has 3 aliphatic heterocycles. The Morgan fingerprint density at radius 2 is 2.00 bits per heavy atom. The van der Waals surface area contributed by atoms with E-state index in [9.17, 15) is 24.3 Å². The number of allylic oxidation sites excluding steroid dienone is 1. The van der Waals surface area contributed by atoms with Gasteiger partial charge in [0.2, 0.25) is 0 Å². The fourth-order valence-electron chi connectivity index (χ4n) is 4.62. The van der Waals surface area contributed by atoms with Crippen LogP contribution < -0.4 is 20.7 Å². The zero-order valence-electron chi connectivity index (χ0n) is 21.3. The zero-order chi connectivity index (χ0) is 28.6. The number of nitrogens with one attached hydrogen (secondary N) is 1. The average molecular weight is 585 g/mol. The van der Waals surface area contributed by atoms with Crippen molar-refractivity contribution < 1.29 is 33.9 Å². The highest BCUT2D eigenvalue weighted by Gasteiger charge is 2.54. The van der Waals surface area contributed by atoms with Gasteiger partial charge in [0.1, 0.15) is 35.7 Å². The molecule has 2 atom stereocenters. The Balaban J connectivity index is 1.34. The summed E-state index contributed by atoms with van der Waals surface area (Å²) in [5, 5.41) is 17.4. The highest BCUT2D eigenvalue weighted by atomic mass is 32.2. The molecule has 3 aliphatic rings. The first-order valence-corrected chi connectivity index (χ1v) is 13.9. The second-order valence-electron chi connectivity index (χ2n) is 8.81. The predicted molar refractivity (Wildman–Crippen MR) is 148 cm³/mol. The topological polar surface area (TPSA) is 177 Å². The number of β-lactam (4-membered cyclic amide) rings is 1. The number of anilines is 2. The Morgan fingerprint density at radius 1 is 1.25 bits per heavy atom. The van der Waals surface area contributed by atoms with Gasteiger partial charge in [-0.1, -0.05) is 5.16 Å². The molecule has 4 N–H and O–H groups in total. The molecule has 0 bridgehead atoms. The van der Waals surface area contributed by atoms with Crippen molar-refractivity contribution >= 4 is 63.3 Å². The van der Waals surface area contributed by atoms with Crippen molar-refractivity contribution in [3.8, 4) is 5.75 Å². The van der Waals surface area contributed by atoms with Crippen molar-refractivity contribution in [3.63, 3.8) is 0 Å². The molecule has 1 aromatic carbocycles. The van der Waals surface area contributed by atoms with Crippen LogP contribution in [0.2, 0.25) is 0 Å². The van der Waals surface area contributed by atoms with Gasteiger partial charge in [0.05, 0.1) is 7.11 Å². The molecular weight excluding hydrogens is 560 g/mol. The number of carboxylic acids is 1. The van der Waals surface area contributed by atoms with E-state index in [2.05, 4.69) is 15.5 Å². The second kappa shape index (κ2) is 11.0. The number of oxime groups is 1. The summed E-state index contributed by atoms with van der Waals surface area (Å²) in [6.07, 6.45) is 1.98. The van der Waals surface area contributed by atoms with Crippen LogP contribution in [0, 0.1) is 0 Å². The number of benzene rings is 1. The summed E-state index contributed by atoms with van der Waals surface area (Å²) in [4.78, 5) is 63.0. The molecule has 2 aromatic rings. The van der Waals surface area contributed by atoms with Gasteiger partial charge in [-0.05, 0) is 42.3 Å². The Hall–Kier alpha value is -4.37. The number of nitrogens with two attached hydrogens (primary N) is 1. The molecule has 4 heterocycles. The van der Waals surface area contributed by atoms with Crippen LogP contribution in [0.1, 0.15) is 12.1 Å². The van der Waals surface area contributed by atoms with E-state index in [0.29, 0.717) is 35.5 Å². The van der Waals surface area contributed by atoms with Crippen LogP contribution in [0.4, 0.5) is 10.8 Å². The number of fused-ring (bicyclic) bond motifs is 1. The van der Waals surface area contributed by atoms with Gasteiger partial charge in [-0.2, -0.15) is 0 Å². The predicted octanol–water partition coefficient (Wildman–Crippen LogP) is 1.19. The number of methoxy groups -OCH3 is 1. The standard InChI is InChI=1S/C25H24N6O7S2/c1-37-15-5-3-14(4-6-15)30-8-7-12(21(30)33)9-13-10-39-23-18(22(34)31(23)19(13)24(35)36)28-20(32)17(29-38-2)16-11-40-25(26)27-16/h3-6,9,11,18,23H,7-8,10H2,1-2H3,(H2,26,27)(H,28,32)(H,35,36)/t18-,23-/m1/s1. The van der Waals surface area contributed by atoms with Crippen LogP contribution in [0.25, 0.3) is 0 Å². The molecule has 208 valence electrons. The monoisotopic (exact) mass is 584 g/mol. The van der Waals surface area contributed by atoms with E-state index in [1.807, 2.05) is 0 Å². The van der Waals surface area contributed by atoms with E-state index in [4.69, 9.17) is 15.3 Å². The number of thiazole rings is 1. The summed E-state index contributed by atoms with van der Waals surface area (Å²) in [6, 6.07) is 6.09. The van der Waals surface area contributed by atoms with Crippen molar-refractivity contribution in [3.05, 3.63) is 58.3 Å². The Labute approximate surface area is 236 Å². The number of ether oxygens (including phenoxy) is 1. The maximum atomic E-state index is 13.1. The maximum Gasteiger partial charge on any atom is 0.352 e. The number of nitrogens with zero attached hydrogens (tertiary/aromatic N) is 4. The Bertz CT molecular complexity index is 1480. The number of amides is 3. The van der Waals surface area contributed by atoms with Crippen LogP contribution in [0.15, 0.2) is 57.7 Å². The number of aromatic nitrogens is 1. The first-order valence-electron chi connectivity index (χ1n) is 11.9. The molecule has 0 spiro atoms. The van der Waals surface area contributed by atoms with Crippen LogP contribution in [-0.4, -0.2) is 82.3 Å². The van der Waals surface area contributed by atoms with Gasteiger partial charge in [-0.3, -0.25) is 19.3 Å². The molecule has 5 rings (SSSR count). The fraction of sp³-hybridized carbons (Fsp3) is 0.280. The summed E-state index contributed by atoms with van der Waals surface area (Å²) >= 11 is 2.40. The normalized spacial score (nSPS) is 21.9. The number of carbonyl (C=O) groups is 4. The van der Waals surface area contributed by atoms with Crippen molar-refractivity contribution in [2.45, 2.75) is 17.8 Å². The zero-order valence-corrected chi connectivity index (χ0v) is 23.0. The second-order valence-corrected chi connectivity index (χ2v) is 10.8. The van der Waals surface area contributed by atoms with Gasteiger partial charge in [0.25, 0.3) is 17.7 Å². The minimum Gasteiger partial charge on any atom is -0.497 e. The number of aliphatic carboxylic acids is 1. The maximum absolute atomic E-state index is 13.1. The van der Waals surface area contributed by atoms with E-state index in [1.165, 1.54) is 24.3 Å². The number of carboxylic acid groups (broad SMARTS) is 1. The first-order chi connectivity index (χ1) is 19.2. The van der Waals surface area contributed by atoms with Crippen LogP contribution in [0.3, 0.4) is 0 Å². The average Bonchev–Trinajstić information content (AvgIpc) is 3.54. The molecule has 15 heteroatoms. The third-order valence-electron chi connectivity index (χ3n) is 6.51. The number of nitrogen functional groups attached to an aromatic ring is 1. The van der Waals surface area contributed by atoms with E-state index >= 15 is 0 Å². The van der Waals surface area contributed by atoms with Gasteiger partial charge in [-0.15, -0.1) is 23.1 Å². The highest BCUT2D eigenvalue weighted by molar-refractivity contribution is 8.00. The van der Waals surface area contributed by atoms with E-state index < -0.39 is 29.2 Å². The minimum atomic E-state index is -1.30. The van der Waals surface area contributed by atoms with Crippen molar-refractivity contribution in [1.29, 1.82) is 0 Å². The van der Waals surface area contributed by atoms with Crippen molar-refractivity contribution in [2.24, 2.45) is 5.16 Å². The Morgan fingerprint density at radius 3 is 2.62 bits per heavy atom. The van der Waals surface area contributed by atoms with Crippen LogP contribution >= 0.6 is 23.1 Å². The van der Waals surface area contributed by atoms with E-state index in [0.717, 1.165) is 16.2 Å². The summed E-state index contributed by atoms with van der Waals surface area (Å²) < 4.78 is 5.17. The van der Waals surface area contributed by atoms with E-state index in [-0.39, 0.29) is 33.9 Å². The van der Waals surface area contributed by atoms with E-state index in [1.54, 1.807) is 42.4 Å². The van der Waals surface area contributed by atoms with Gasteiger partial charge >= 0.3 is 5.97 Å². The highest BCUT2D eigenvalue weighted by Crippen LogP contribution is 2.41. The summed E-state index contributed by atoms with van der Waals surface area (Å²) in [5.74, 6) is -1.95. The minimum absolute atomic E-state index is 0.164. The Kier molecular flexibility index (Phi) is 7.49. The fourth-order valence-corrected chi connectivity index (χ4v) is 6.48. The molecular formula is C25H24N6O7S2. The number of hydrogen-bond donors (Lipinski definition) is 3. The van der Waals surface area contributed by atoms with Gasteiger partial charge < -0.3 is 30.6 Å². The summed E-state index contributed by atoms with van der Waals surface area (Å²) in [7, 11) is 2.82. The lowest BCUT2D eigenvalue weighted by atomic mass is 10.0. The summed E-state index contributed by atoms with van der Waals surface area (Å²) in [5.41, 5.74) is 6.97. The smallest absolute Gasteiger partial charge is 0.352 e. The molecule has 2 saturated heterocycles. The number of thioether (sulfide) groups is 1. The molecule has 1 aromatic heterocycles. The van der Waals surface area contributed by atoms with Crippen molar-refractivity contribution in [2.75, 3.05) is 37.2 Å². The van der Waals surface area contributed by atoms with Crippen molar-refractivity contribution in [1.82, 2.24) is 15.2 Å². The van der Waals surface area contributed by atoms with Crippen LogP contribution in [0.5, 0.6) is 5.75 Å². The molecule has 0 aliphatic carbocycles. The van der Waals surface area contributed by atoms with Crippen LogP contribution in [-0.2, 0) is 24.0 Å². The molecule has 13 nitrogen and oxygen atoms in total. The largest absolute Gasteiger partial charge is 0.497 e. The number of hydrogen-bond acceptors (Lipinski definition) is 11. The molecule has 0 radical (unpaired) electrons. The molecule has 2 fully saturated rings. The SMILES string of the molecule is CON=C(C(=O)N[C@@H]1C(=O)N2C(C(=O)O)=C(C=C3CCN(c4ccc(OC)cc4)C3=O)CS[C@H]12)c1csc(N)n1. The van der Waals surface area contributed by atoms with Gasteiger partial charge in [0, 0.05) is 28.9 Å². The first kappa shape index (κ1) is 27.2. The lowest BCUT2D eigenvalue weighted by molar-refractivity contribution is -0.150.